The lowest BCUT2D eigenvalue weighted by molar-refractivity contribution is 0.0618. The van der Waals surface area contributed by atoms with Gasteiger partial charge in [0.2, 0.25) is 0 Å². The average molecular weight is 294 g/mol. The largest absolute Gasteiger partial charge is 0.478 e. The quantitative estimate of drug-likeness (QED) is 0.913. The van der Waals surface area contributed by atoms with Crippen molar-refractivity contribution in [3.8, 4) is 11.1 Å². The molecule has 1 saturated heterocycles. The molecule has 4 rings (SSSR count). The molecule has 2 aliphatic rings. The van der Waals surface area contributed by atoms with E-state index < -0.39 is 5.97 Å². The Bertz CT molecular complexity index is 729. The minimum Gasteiger partial charge on any atom is -0.478 e. The zero-order valence-electron chi connectivity index (χ0n) is 12.3. The molecule has 112 valence electrons. The van der Waals surface area contributed by atoms with Crippen LogP contribution in [0.1, 0.15) is 40.2 Å². The summed E-state index contributed by atoms with van der Waals surface area (Å²) in [5.41, 5.74) is 5.34. The predicted molar refractivity (Wildman–Crippen MR) is 84.2 cm³/mol. The van der Waals surface area contributed by atoms with Crippen LogP contribution in [0.2, 0.25) is 0 Å². The van der Waals surface area contributed by atoms with Crippen molar-refractivity contribution < 1.29 is 14.6 Å². The van der Waals surface area contributed by atoms with E-state index in [2.05, 4.69) is 24.3 Å². The molecule has 1 N–H and O–H groups in total. The first kappa shape index (κ1) is 13.5. The van der Waals surface area contributed by atoms with Gasteiger partial charge in [0.15, 0.2) is 0 Å². The van der Waals surface area contributed by atoms with Crippen molar-refractivity contribution in [3.05, 3.63) is 59.2 Å². The lowest BCUT2D eigenvalue weighted by Crippen LogP contribution is -2.22. The van der Waals surface area contributed by atoms with Crippen molar-refractivity contribution in [2.45, 2.75) is 18.8 Å². The number of aromatic carboxylic acids is 1. The number of hydrogen-bond donors (Lipinski definition) is 1. The van der Waals surface area contributed by atoms with E-state index in [9.17, 15) is 9.90 Å². The lowest BCUT2D eigenvalue weighted by atomic mass is 9.79. The molecule has 0 aromatic heterocycles. The van der Waals surface area contributed by atoms with Crippen LogP contribution in [0, 0.1) is 5.92 Å². The molecule has 0 spiro atoms. The first-order valence-electron chi connectivity index (χ1n) is 7.80. The van der Waals surface area contributed by atoms with E-state index in [-0.39, 0.29) is 0 Å². The smallest absolute Gasteiger partial charge is 0.335 e. The van der Waals surface area contributed by atoms with Gasteiger partial charge in [0.1, 0.15) is 0 Å². The molecule has 2 aromatic rings. The maximum Gasteiger partial charge on any atom is 0.335 e. The van der Waals surface area contributed by atoms with E-state index >= 15 is 0 Å². The van der Waals surface area contributed by atoms with Gasteiger partial charge in [0, 0.05) is 19.1 Å². The molecule has 3 heteroatoms. The SMILES string of the molecule is O=C(O)c1ccc2c(c1)C(C1CCOCC1)c1ccccc1-2. The maximum absolute atomic E-state index is 11.3. The Morgan fingerprint density at radius 3 is 2.50 bits per heavy atom. The molecule has 0 saturated carbocycles. The number of benzene rings is 2. The summed E-state index contributed by atoms with van der Waals surface area (Å²) in [6, 6.07) is 14.0. The summed E-state index contributed by atoms with van der Waals surface area (Å²) in [7, 11) is 0. The lowest BCUT2D eigenvalue weighted by Gasteiger charge is -2.29. The monoisotopic (exact) mass is 294 g/mol. The zero-order chi connectivity index (χ0) is 15.1. The van der Waals surface area contributed by atoms with Crippen molar-refractivity contribution in [3.63, 3.8) is 0 Å². The zero-order valence-corrected chi connectivity index (χ0v) is 12.3. The van der Waals surface area contributed by atoms with Gasteiger partial charge in [-0.25, -0.2) is 4.79 Å². The number of carbonyl (C=O) groups is 1. The van der Waals surface area contributed by atoms with Crippen molar-refractivity contribution in [1.29, 1.82) is 0 Å². The third kappa shape index (κ3) is 2.04. The summed E-state index contributed by atoms with van der Waals surface area (Å²) >= 11 is 0. The molecule has 1 unspecified atom stereocenters. The van der Waals surface area contributed by atoms with Gasteiger partial charge in [-0.1, -0.05) is 30.3 Å². The van der Waals surface area contributed by atoms with Crippen LogP contribution in [0.15, 0.2) is 42.5 Å². The number of ether oxygens (including phenoxy) is 1. The topological polar surface area (TPSA) is 46.5 Å². The normalized spacial score (nSPS) is 20.5. The molecule has 3 nitrogen and oxygen atoms in total. The minimum absolute atomic E-state index is 0.300. The van der Waals surface area contributed by atoms with Crippen molar-refractivity contribution in [2.24, 2.45) is 5.92 Å². The second kappa shape index (κ2) is 5.25. The van der Waals surface area contributed by atoms with Gasteiger partial charge in [0.25, 0.3) is 0 Å². The summed E-state index contributed by atoms with van der Waals surface area (Å²) in [4.78, 5) is 11.3. The molecule has 1 aliphatic heterocycles. The first-order valence-corrected chi connectivity index (χ1v) is 7.80. The molecular weight excluding hydrogens is 276 g/mol. The molecule has 1 fully saturated rings. The van der Waals surface area contributed by atoms with Crippen LogP contribution in [0.3, 0.4) is 0 Å². The van der Waals surface area contributed by atoms with Crippen LogP contribution in [0.4, 0.5) is 0 Å². The van der Waals surface area contributed by atoms with Crippen molar-refractivity contribution >= 4 is 5.97 Å². The van der Waals surface area contributed by atoms with Gasteiger partial charge in [0.05, 0.1) is 5.56 Å². The van der Waals surface area contributed by atoms with Gasteiger partial charge in [-0.2, -0.15) is 0 Å². The molecule has 0 radical (unpaired) electrons. The van der Waals surface area contributed by atoms with Crippen LogP contribution in [0.5, 0.6) is 0 Å². The molecule has 1 atom stereocenters. The maximum atomic E-state index is 11.3. The Hall–Kier alpha value is -2.13. The number of carboxylic acid groups (broad SMARTS) is 1. The Labute approximate surface area is 129 Å². The summed E-state index contributed by atoms with van der Waals surface area (Å²) in [6.07, 6.45) is 2.07. The first-order chi connectivity index (χ1) is 10.8. The number of fused-ring (bicyclic) bond motifs is 3. The Morgan fingerprint density at radius 2 is 1.73 bits per heavy atom. The number of carboxylic acids is 1. The van der Waals surface area contributed by atoms with Gasteiger partial charge >= 0.3 is 5.97 Å². The minimum atomic E-state index is -0.857. The summed E-state index contributed by atoms with van der Waals surface area (Å²) in [5, 5.41) is 9.31. The Kier molecular flexibility index (Phi) is 3.23. The second-order valence-electron chi connectivity index (χ2n) is 6.12. The van der Waals surface area contributed by atoms with Crippen molar-refractivity contribution in [2.75, 3.05) is 13.2 Å². The van der Waals surface area contributed by atoms with Gasteiger partial charge in [-0.3, -0.25) is 0 Å². The fourth-order valence-corrected chi connectivity index (χ4v) is 3.94. The third-order valence-corrected chi connectivity index (χ3v) is 4.96. The second-order valence-corrected chi connectivity index (χ2v) is 6.12. The highest BCUT2D eigenvalue weighted by Gasteiger charge is 2.35. The van der Waals surface area contributed by atoms with E-state index in [1.54, 1.807) is 6.07 Å². The molecule has 1 heterocycles. The van der Waals surface area contributed by atoms with Crippen LogP contribution in [-0.2, 0) is 4.74 Å². The third-order valence-electron chi connectivity index (χ3n) is 4.96. The highest BCUT2D eigenvalue weighted by atomic mass is 16.5. The molecular formula is C19H18O3. The predicted octanol–water partition coefficient (Wildman–Crippen LogP) is 3.92. The molecule has 22 heavy (non-hydrogen) atoms. The van der Waals surface area contributed by atoms with Crippen LogP contribution < -0.4 is 0 Å². The fraction of sp³-hybridized carbons (Fsp3) is 0.316. The van der Waals surface area contributed by atoms with Crippen LogP contribution in [-0.4, -0.2) is 24.3 Å². The highest BCUT2D eigenvalue weighted by Crippen LogP contribution is 2.50. The molecule has 1 aliphatic carbocycles. The van der Waals surface area contributed by atoms with Crippen LogP contribution in [0.25, 0.3) is 11.1 Å². The van der Waals surface area contributed by atoms with E-state index in [1.807, 2.05) is 12.1 Å². The van der Waals surface area contributed by atoms with Gasteiger partial charge < -0.3 is 9.84 Å². The summed E-state index contributed by atoms with van der Waals surface area (Å²) < 4.78 is 5.50. The van der Waals surface area contributed by atoms with E-state index in [4.69, 9.17) is 4.74 Å². The van der Waals surface area contributed by atoms with Crippen molar-refractivity contribution in [1.82, 2.24) is 0 Å². The van der Waals surface area contributed by atoms with Crippen LogP contribution >= 0.6 is 0 Å². The number of hydrogen-bond acceptors (Lipinski definition) is 2. The summed E-state index contributed by atoms with van der Waals surface area (Å²) in [5.74, 6) is -0.0286. The van der Waals surface area contributed by atoms with E-state index in [1.165, 1.54) is 22.3 Å². The molecule has 0 bridgehead atoms. The summed E-state index contributed by atoms with van der Waals surface area (Å²) in [6.45, 7) is 1.61. The fourth-order valence-electron chi connectivity index (χ4n) is 3.94. The molecule has 2 aromatic carbocycles. The molecule has 0 amide bonds. The Balaban J connectivity index is 1.87. The average Bonchev–Trinajstić information content (AvgIpc) is 2.89. The van der Waals surface area contributed by atoms with Gasteiger partial charge in [-0.15, -0.1) is 0 Å². The number of rotatable bonds is 2. The van der Waals surface area contributed by atoms with E-state index in [0.29, 0.717) is 17.4 Å². The Morgan fingerprint density at radius 1 is 1.00 bits per heavy atom. The van der Waals surface area contributed by atoms with E-state index in [0.717, 1.165) is 26.1 Å². The standard InChI is InChI=1S/C19H18O3/c20-19(21)13-5-6-15-14-3-1-2-4-16(14)18(17(15)11-13)12-7-9-22-10-8-12/h1-6,11-12,18H,7-10H2,(H,20,21). The van der Waals surface area contributed by atoms with Gasteiger partial charge in [-0.05, 0) is 53.1 Å². The highest BCUT2D eigenvalue weighted by molar-refractivity contribution is 5.90.